The van der Waals surface area contributed by atoms with Gasteiger partial charge in [0, 0.05) is 31.7 Å². The summed E-state index contributed by atoms with van der Waals surface area (Å²) in [6.07, 6.45) is 1.47. The van der Waals surface area contributed by atoms with E-state index in [0.717, 1.165) is 21.3 Å². The van der Waals surface area contributed by atoms with Crippen molar-refractivity contribution in [2.45, 2.75) is 11.4 Å². The second-order valence-electron chi connectivity index (χ2n) is 9.40. The zero-order chi connectivity index (χ0) is 28.8. The van der Waals surface area contributed by atoms with E-state index in [-0.39, 0.29) is 23.9 Å². The predicted octanol–water partition coefficient (Wildman–Crippen LogP) is 3.29. The van der Waals surface area contributed by atoms with Crippen LogP contribution in [-0.4, -0.2) is 80.7 Å². The zero-order valence-electron chi connectivity index (χ0n) is 22.8. The molecule has 2 aromatic heterocycles. The van der Waals surface area contributed by atoms with Crippen LogP contribution in [0, 0.1) is 0 Å². The largest absolute Gasteiger partial charge is 0.497 e. The van der Waals surface area contributed by atoms with Crippen molar-refractivity contribution >= 4 is 21.7 Å². The lowest BCUT2D eigenvalue weighted by molar-refractivity contribution is -0.131. The van der Waals surface area contributed by atoms with Crippen molar-refractivity contribution in [1.82, 2.24) is 19.4 Å². The molecule has 1 fully saturated rings. The van der Waals surface area contributed by atoms with Gasteiger partial charge in [0.25, 0.3) is 0 Å². The van der Waals surface area contributed by atoms with E-state index >= 15 is 0 Å². The average Bonchev–Trinajstić information content (AvgIpc) is 3.54. The molecular weight excluding hydrogens is 546 g/mol. The highest BCUT2D eigenvalue weighted by Crippen LogP contribution is 2.24. The molecule has 0 unspecified atom stereocenters. The molecule has 1 aliphatic rings. The summed E-state index contributed by atoms with van der Waals surface area (Å²) >= 11 is 0. The molecule has 214 valence electrons. The number of ether oxygens (including phenoxy) is 2. The van der Waals surface area contributed by atoms with Crippen LogP contribution in [0.2, 0.25) is 0 Å². The standard InChI is InChI=1S/C29H31N5O6S/c1-38-23-8-10-26(11-9-23)41(36,37)34(20-25-7-4-18-40-25)21-29(35)33-16-14-32(15-17-33)28-13-12-27(30-31-28)22-5-3-6-24(19-22)39-2/h3-13,18-19H,14-17,20-21H2,1-2H3. The maximum absolute atomic E-state index is 13.5. The van der Waals surface area contributed by atoms with E-state index in [4.69, 9.17) is 13.9 Å². The summed E-state index contributed by atoms with van der Waals surface area (Å²) in [5, 5.41) is 8.77. The molecule has 0 bridgehead atoms. The van der Waals surface area contributed by atoms with Crippen LogP contribution in [0.3, 0.4) is 0 Å². The van der Waals surface area contributed by atoms with Gasteiger partial charge in [-0.15, -0.1) is 10.2 Å². The summed E-state index contributed by atoms with van der Waals surface area (Å²) in [7, 11) is -0.859. The second-order valence-corrected chi connectivity index (χ2v) is 11.3. The van der Waals surface area contributed by atoms with E-state index in [9.17, 15) is 13.2 Å². The molecule has 1 saturated heterocycles. The summed E-state index contributed by atoms with van der Waals surface area (Å²) in [6, 6.07) is 20.9. The lowest BCUT2D eigenvalue weighted by atomic mass is 10.1. The van der Waals surface area contributed by atoms with Gasteiger partial charge in [0.2, 0.25) is 15.9 Å². The molecular formula is C29H31N5O6S. The van der Waals surface area contributed by atoms with E-state index < -0.39 is 10.0 Å². The molecule has 0 radical (unpaired) electrons. The number of sulfonamides is 1. The van der Waals surface area contributed by atoms with Gasteiger partial charge in [-0.1, -0.05) is 12.1 Å². The van der Waals surface area contributed by atoms with E-state index in [1.54, 1.807) is 36.3 Å². The lowest BCUT2D eigenvalue weighted by Crippen LogP contribution is -2.52. The number of hydrogen-bond acceptors (Lipinski definition) is 9. The van der Waals surface area contributed by atoms with Gasteiger partial charge in [-0.3, -0.25) is 4.79 Å². The first kappa shape index (κ1) is 28.1. The average molecular weight is 578 g/mol. The fraction of sp³-hybridized carbons (Fsp3) is 0.276. The summed E-state index contributed by atoms with van der Waals surface area (Å²) in [5.41, 5.74) is 1.64. The Labute approximate surface area is 239 Å². The molecule has 0 N–H and O–H groups in total. The Hall–Kier alpha value is -4.42. The quantitative estimate of drug-likeness (QED) is 0.280. The predicted molar refractivity (Wildman–Crippen MR) is 152 cm³/mol. The maximum atomic E-state index is 13.5. The zero-order valence-corrected chi connectivity index (χ0v) is 23.7. The number of carbonyl (C=O) groups excluding carboxylic acids is 1. The van der Waals surface area contributed by atoms with Gasteiger partial charge in [-0.2, -0.15) is 4.31 Å². The van der Waals surface area contributed by atoms with Gasteiger partial charge in [0.15, 0.2) is 5.82 Å². The topological polar surface area (TPSA) is 118 Å². The molecule has 11 nitrogen and oxygen atoms in total. The highest BCUT2D eigenvalue weighted by atomic mass is 32.2. The number of furan rings is 1. The molecule has 1 aliphatic heterocycles. The molecule has 0 atom stereocenters. The number of benzene rings is 2. The summed E-state index contributed by atoms with van der Waals surface area (Å²) in [5.74, 6) is 2.15. The minimum absolute atomic E-state index is 0.0672. The maximum Gasteiger partial charge on any atom is 0.243 e. The third-order valence-electron chi connectivity index (χ3n) is 6.89. The number of nitrogens with zero attached hydrogens (tertiary/aromatic N) is 5. The van der Waals surface area contributed by atoms with Crippen molar-refractivity contribution in [2.75, 3.05) is 51.8 Å². The van der Waals surface area contributed by atoms with Crippen LogP contribution < -0.4 is 14.4 Å². The molecule has 12 heteroatoms. The number of methoxy groups -OCH3 is 2. The number of aromatic nitrogens is 2. The first-order valence-corrected chi connectivity index (χ1v) is 14.5. The van der Waals surface area contributed by atoms with Crippen LogP contribution in [0.4, 0.5) is 5.82 Å². The van der Waals surface area contributed by atoms with Crippen LogP contribution in [0.1, 0.15) is 5.76 Å². The normalized spacial score (nSPS) is 13.8. The van der Waals surface area contributed by atoms with Gasteiger partial charge < -0.3 is 23.7 Å². The molecule has 3 heterocycles. The third-order valence-corrected chi connectivity index (χ3v) is 8.70. The Kier molecular flexibility index (Phi) is 8.50. The first-order valence-electron chi connectivity index (χ1n) is 13.0. The minimum atomic E-state index is -3.99. The van der Waals surface area contributed by atoms with Crippen molar-refractivity contribution < 1.29 is 27.1 Å². The van der Waals surface area contributed by atoms with Crippen molar-refractivity contribution in [2.24, 2.45) is 0 Å². The minimum Gasteiger partial charge on any atom is -0.497 e. The Morgan fingerprint density at radius 3 is 2.29 bits per heavy atom. The Bertz CT molecular complexity index is 1550. The summed E-state index contributed by atoms with van der Waals surface area (Å²) < 4.78 is 44.0. The van der Waals surface area contributed by atoms with Crippen LogP contribution in [0.25, 0.3) is 11.3 Å². The summed E-state index contributed by atoms with van der Waals surface area (Å²) in [4.78, 5) is 17.1. The third kappa shape index (κ3) is 6.50. The van der Waals surface area contributed by atoms with Gasteiger partial charge >= 0.3 is 0 Å². The SMILES string of the molecule is COc1ccc(S(=O)(=O)N(CC(=O)N2CCN(c3ccc(-c4cccc(OC)c4)nn3)CC2)Cc2ccco2)cc1. The van der Waals surface area contributed by atoms with E-state index in [0.29, 0.717) is 43.5 Å². The number of piperazine rings is 1. The van der Waals surface area contributed by atoms with E-state index in [2.05, 4.69) is 15.1 Å². The smallest absolute Gasteiger partial charge is 0.243 e. The van der Waals surface area contributed by atoms with E-state index in [1.807, 2.05) is 36.4 Å². The molecule has 5 rings (SSSR count). The van der Waals surface area contributed by atoms with E-state index in [1.165, 1.54) is 25.5 Å². The number of amides is 1. The number of anilines is 1. The Morgan fingerprint density at radius 2 is 1.66 bits per heavy atom. The summed E-state index contributed by atoms with van der Waals surface area (Å²) in [6.45, 7) is 1.56. The Morgan fingerprint density at radius 1 is 0.902 bits per heavy atom. The first-order chi connectivity index (χ1) is 19.9. The van der Waals surface area contributed by atoms with Gasteiger partial charge in [-0.05, 0) is 60.7 Å². The van der Waals surface area contributed by atoms with Gasteiger partial charge in [0.05, 0.1) is 44.2 Å². The van der Waals surface area contributed by atoms with Crippen LogP contribution in [-0.2, 0) is 21.4 Å². The highest BCUT2D eigenvalue weighted by molar-refractivity contribution is 7.89. The molecule has 0 saturated carbocycles. The van der Waals surface area contributed by atoms with Crippen molar-refractivity contribution in [3.63, 3.8) is 0 Å². The van der Waals surface area contributed by atoms with Crippen molar-refractivity contribution in [1.29, 1.82) is 0 Å². The molecule has 2 aromatic carbocycles. The number of hydrogen-bond donors (Lipinski definition) is 0. The van der Waals surface area contributed by atoms with Crippen LogP contribution in [0.15, 0.2) is 88.4 Å². The molecule has 41 heavy (non-hydrogen) atoms. The molecule has 1 amide bonds. The van der Waals surface area contributed by atoms with Gasteiger partial charge in [0.1, 0.15) is 17.3 Å². The van der Waals surface area contributed by atoms with Crippen LogP contribution in [0.5, 0.6) is 11.5 Å². The number of carbonyl (C=O) groups is 1. The van der Waals surface area contributed by atoms with Crippen molar-refractivity contribution in [3.8, 4) is 22.8 Å². The fourth-order valence-corrected chi connectivity index (χ4v) is 5.92. The second kappa shape index (κ2) is 12.4. The molecule has 4 aromatic rings. The highest BCUT2D eigenvalue weighted by Gasteiger charge is 2.31. The van der Waals surface area contributed by atoms with Gasteiger partial charge in [-0.25, -0.2) is 8.42 Å². The lowest BCUT2D eigenvalue weighted by Gasteiger charge is -2.36. The fourth-order valence-electron chi connectivity index (χ4n) is 4.57. The monoisotopic (exact) mass is 577 g/mol. The molecule has 0 aliphatic carbocycles. The molecule has 0 spiro atoms. The van der Waals surface area contributed by atoms with Crippen LogP contribution >= 0.6 is 0 Å². The number of rotatable bonds is 10. The van der Waals surface area contributed by atoms with Crippen molar-refractivity contribution in [3.05, 3.63) is 84.8 Å². The Balaban J connectivity index is 1.24.